The predicted octanol–water partition coefficient (Wildman–Crippen LogP) is 2.45. The molecule has 2 rings (SSSR count). The summed E-state index contributed by atoms with van der Waals surface area (Å²) >= 11 is 1.46. The lowest BCUT2D eigenvalue weighted by atomic mass is 10.3. The molecule has 2 N–H and O–H groups in total. The number of nitrogens with zero attached hydrogens (tertiary/aromatic N) is 1. The minimum absolute atomic E-state index is 0.256. The van der Waals surface area contributed by atoms with Crippen LogP contribution in [0.4, 0.5) is 9.93 Å². The number of carbonyl (C=O) groups excluding carboxylic acids is 1. The molecule has 0 unspecified atom stereocenters. The van der Waals surface area contributed by atoms with E-state index in [0.717, 1.165) is 10.2 Å². The Kier molecular flexibility index (Phi) is 4.49. The molecule has 1 aromatic carbocycles. The number of amides is 2. The van der Waals surface area contributed by atoms with Gasteiger partial charge in [-0.2, -0.15) is 0 Å². The number of carbonyl (C=O) groups is 1. The number of urea groups is 1. The number of nitrogens with one attached hydrogen (secondary N) is 2. The van der Waals surface area contributed by atoms with Gasteiger partial charge in [-0.1, -0.05) is 23.5 Å². The fourth-order valence-corrected chi connectivity index (χ4v) is 2.31. The number of para-hydroxylation sites is 1. The van der Waals surface area contributed by atoms with E-state index in [1.165, 1.54) is 11.3 Å². The van der Waals surface area contributed by atoms with Gasteiger partial charge in [0.15, 0.2) is 5.13 Å². The molecular formula is C12H15N3O2S. The molecule has 0 atom stereocenters. The summed E-state index contributed by atoms with van der Waals surface area (Å²) in [5.41, 5.74) is 0.895. The van der Waals surface area contributed by atoms with Gasteiger partial charge in [-0.3, -0.25) is 5.32 Å². The van der Waals surface area contributed by atoms with Gasteiger partial charge in [0, 0.05) is 13.2 Å². The van der Waals surface area contributed by atoms with Gasteiger partial charge in [-0.05, 0) is 19.1 Å². The van der Waals surface area contributed by atoms with Gasteiger partial charge in [-0.25, -0.2) is 9.78 Å². The van der Waals surface area contributed by atoms with Gasteiger partial charge in [0.25, 0.3) is 0 Å². The lowest BCUT2D eigenvalue weighted by Gasteiger charge is -2.04. The Morgan fingerprint density at radius 3 is 3.06 bits per heavy atom. The molecule has 0 aliphatic carbocycles. The zero-order valence-electron chi connectivity index (χ0n) is 10.1. The molecule has 5 nitrogen and oxygen atoms in total. The fraction of sp³-hybridized carbons (Fsp3) is 0.333. The molecule has 0 saturated carbocycles. The number of benzene rings is 1. The molecule has 0 fully saturated rings. The van der Waals surface area contributed by atoms with Gasteiger partial charge in [-0.15, -0.1) is 0 Å². The highest BCUT2D eigenvalue weighted by molar-refractivity contribution is 7.22. The summed E-state index contributed by atoms with van der Waals surface area (Å²) < 4.78 is 6.18. The lowest BCUT2D eigenvalue weighted by Crippen LogP contribution is -2.31. The van der Waals surface area contributed by atoms with Crippen LogP contribution in [-0.2, 0) is 4.74 Å². The summed E-state index contributed by atoms with van der Waals surface area (Å²) in [5.74, 6) is 0. The van der Waals surface area contributed by atoms with Gasteiger partial charge < -0.3 is 10.1 Å². The van der Waals surface area contributed by atoms with Crippen LogP contribution in [0.25, 0.3) is 10.2 Å². The summed E-state index contributed by atoms with van der Waals surface area (Å²) in [4.78, 5) is 15.9. The monoisotopic (exact) mass is 265 g/mol. The minimum Gasteiger partial charge on any atom is -0.380 e. The van der Waals surface area contributed by atoms with Crippen molar-refractivity contribution in [2.24, 2.45) is 0 Å². The predicted molar refractivity (Wildman–Crippen MR) is 73.1 cm³/mol. The Bertz CT molecular complexity index is 494. The van der Waals surface area contributed by atoms with Gasteiger partial charge >= 0.3 is 6.03 Å². The van der Waals surface area contributed by atoms with Crippen molar-refractivity contribution in [3.05, 3.63) is 24.3 Å². The van der Waals surface area contributed by atoms with E-state index in [9.17, 15) is 4.79 Å². The third-order valence-electron chi connectivity index (χ3n) is 2.25. The molecule has 6 heteroatoms. The van der Waals surface area contributed by atoms with Crippen LogP contribution in [0.1, 0.15) is 6.92 Å². The van der Waals surface area contributed by atoms with Gasteiger partial charge in [0.2, 0.25) is 0 Å². The summed E-state index contributed by atoms with van der Waals surface area (Å²) in [6.07, 6.45) is 0. The fourth-order valence-electron chi connectivity index (χ4n) is 1.45. The number of ether oxygens (including phenoxy) is 1. The maximum absolute atomic E-state index is 11.5. The van der Waals surface area contributed by atoms with Crippen molar-refractivity contribution < 1.29 is 9.53 Å². The second-order valence-electron chi connectivity index (χ2n) is 3.56. The summed E-state index contributed by atoms with van der Waals surface area (Å²) in [6, 6.07) is 7.52. The highest BCUT2D eigenvalue weighted by Gasteiger charge is 2.06. The van der Waals surface area contributed by atoms with Crippen molar-refractivity contribution >= 4 is 32.7 Å². The van der Waals surface area contributed by atoms with E-state index in [0.29, 0.717) is 24.9 Å². The van der Waals surface area contributed by atoms with E-state index in [1.807, 2.05) is 31.2 Å². The number of anilines is 1. The maximum atomic E-state index is 11.5. The van der Waals surface area contributed by atoms with Crippen LogP contribution in [0, 0.1) is 0 Å². The van der Waals surface area contributed by atoms with Crippen molar-refractivity contribution in [3.63, 3.8) is 0 Å². The molecule has 2 amide bonds. The van der Waals surface area contributed by atoms with Gasteiger partial charge in [0.05, 0.1) is 16.8 Å². The Morgan fingerprint density at radius 2 is 2.28 bits per heavy atom. The number of fused-ring (bicyclic) bond motifs is 1. The normalized spacial score (nSPS) is 10.5. The SMILES string of the molecule is CCOCCNC(=O)Nc1nc2ccccc2s1. The molecule has 0 saturated heterocycles. The van der Waals surface area contributed by atoms with E-state index < -0.39 is 0 Å². The molecule has 0 bridgehead atoms. The molecule has 1 aromatic heterocycles. The van der Waals surface area contributed by atoms with Crippen molar-refractivity contribution in [3.8, 4) is 0 Å². The zero-order valence-corrected chi connectivity index (χ0v) is 10.9. The van der Waals surface area contributed by atoms with Crippen LogP contribution >= 0.6 is 11.3 Å². The van der Waals surface area contributed by atoms with E-state index in [4.69, 9.17) is 4.74 Å². The van der Waals surface area contributed by atoms with Gasteiger partial charge in [0.1, 0.15) is 0 Å². The molecule has 18 heavy (non-hydrogen) atoms. The van der Waals surface area contributed by atoms with Crippen LogP contribution in [-0.4, -0.2) is 30.8 Å². The third kappa shape index (κ3) is 3.41. The topological polar surface area (TPSA) is 63.2 Å². The Balaban J connectivity index is 1.86. The Labute approximate surface area is 109 Å². The summed E-state index contributed by atoms with van der Waals surface area (Å²) in [5, 5.41) is 6.01. The zero-order chi connectivity index (χ0) is 12.8. The number of aromatic nitrogens is 1. The Hall–Kier alpha value is -1.66. The Morgan fingerprint density at radius 1 is 1.44 bits per heavy atom. The quantitative estimate of drug-likeness (QED) is 0.816. The van der Waals surface area contributed by atoms with E-state index in [1.54, 1.807) is 0 Å². The number of thiazole rings is 1. The van der Waals surface area contributed by atoms with Crippen LogP contribution in [0.3, 0.4) is 0 Å². The first-order chi connectivity index (χ1) is 8.79. The first-order valence-electron chi connectivity index (χ1n) is 5.77. The average molecular weight is 265 g/mol. The largest absolute Gasteiger partial charge is 0.380 e. The molecule has 0 radical (unpaired) electrons. The maximum Gasteiger partial charge on any atom is 0.321 e. The smallest absolute Gasteiger partial charge is 0.321 e. The lowest BCUT2D eigenvalue weighted by molar-refractivity contribution is 0.150. The average Bonchev–Trinajstić information content (AvgIpc) is 2.76. The number of rotatable bonds is 5. The highest BCUT2D eigenvalue weighted by atomic mass is 32.1. The van der Waals surface area contributed by atoms with Crippen LogP contribution < -0.4 is 10.6 Å². The van der Waals surface area contributed by atoms with Crippen molar-refractivity contribution in [1.82, 2.24) is 10.3 Å². The van der Waals surface area contributed by atoms with Crippen LogP contribution in [0.5, 0.6) is 0 Å². The summed E-state index contributed by atoms with van der Waals surface area (Å²) in [7, 11) is 0. The first kappa shape index (κ1) is 12.8. The third-order valence-corrected chi connectivity index (χ3v) is 3.20. The summed E-state index contributed by atoms with van der Waals surface area (Å²) in [6.45, 7) is 3.58. The van der Waals surface area contributed by atoms with Crippen molar-refractivity contribution in [2.75, 3.05) is 25.1 Å². The second kappa shape index (κ2) is 6.32. The standard InChI is InChI=1S/C12H15N3O2S/c1-2-17-8-7-13-11(16)15-12-14-9-5-3-4-6-10(9)18-12/h3-6H,2,7-8H2,1H3,(H2,13,14,15,16). The minimum atomic E-state index is -0.256. The molecule has 96 valence electrons. The molecule has 0 spiro atoms. The van der Waals surface area contributed by atoms with Crippen LogP contribution in [0.2, 0.25) is 0 Å². The second-order valence-corrected chi connectivity index (χ2v) is 4.60. The molecule has 2 aromatic rings. The van der Waals surface area contributed by atoms with E-state index in [2.05, 4.69) is 15.6 Å². The van der Waals surface area contributed by atoms with Crippen molar-refractivity contribution in [2.45, 2.75) is 6.92 Å². The first-order valence-corrected chi connectivity index (χ1v) is 6.59. The molecular weight excluding hydrogens is 250 g/mol. The van der Waals surface area contributed by atoms with Crippen LogP contribution in [0.15, 0.2) is 24.3 Å². The van der Waals surface area contributed by atoms with E-state index in [-0.39, 0.29) is 6.03 Å². The molecule has 0 aliphatic rings. The number of hydrogen-bond donors (Lipinski definition) is 2. The van der Waals surface area contributed by atoms with E-state index >= 15 is 0 Å². The molecule has 1 heterocycles. The number of hydrogen-bond acceptors (Lipinski definition) is 4. The molecule has 0 aliphatic heterocycles. The van der Waals surface area contributed by atoms with Crippen molar-refractivity contribution in [1.29, 1.82) is 0 Å². The highest BCUT2D eigenvalue weighted by Crippen LogP contribution is 2.24.